The van der Waals surface area contributed by atoms with Gasteiger partial charge in [-0.15, -0.1) is 0 Å². The summed E-state index contributed by atoms with van der Waals surface area (Å²) >= 11 is 0. The molecule has 0 unspecified atom stereocenters. The smallest absolute Gasteiger partial charge is 0.00141 e. The van der Waals surface area contributed by atoms with Crippen molar-refractivity contribution >= 4 is 43.1 Å². The van der Waals surface area contributed by atoms with Crippen LogP contribution in [0.3, 0.4) is 0 Å². The van der Waals surface area contributed by atoms with Gasteiger partial charge in [0.2, 0.25) is 0 Å². The quantitative estimate of drug-likeness (QED) is 0.141. The highest BCUT2D eigenvalue weighted by Crippen LogP contribution is 2.49. The van der Waals surface area contributed by atoms with E-state index < -0.39 is 0 Å². The molecule has 0 aliphatic heterocycles. The summed E-state index contributed by atoms with van der Waals surface area (Å²) in [4.78, 5) is 0. The van der Waals surface area contributed by atoms with Crippen LogP contribution in [-0.2, 0) is 0 Å². The van der Waals surface area contributed by atoms with Gasteiger partial charge in [-0.1, -0.05) is 237 Å². The van der Waals surface area contributed by atoms with Gasteiger partial charge in [-0.05, 0) is 127 Å². The van der Waals surface area contributed by atoms with Gasteiger partial charge in [-0.3, -0.25) is 0 Å². The maximum Gasteiger partial charge on any atom is -0.00141 e. The van der Waals surface area contributed by atoms with Crippen molar-refractivity contribution in [2.75, 3.05) is 0 Å². The lowest BCUT2D eigenvalue weighted by Crippen LogP contribution is -1.94. The number of fused-ring (bicyclic) bond motifs is 1. The lowest BCUT2D eigenvalue weighted by molar-refractivity contribution is 1.58. The van der Waals surface area contributed by atoms with Crippen LogP contribution in [0.2, 0.25) is 0 Å². The molecule has 0 aliphatic rings. The van der Waals surface area contributed by atoms with Gasteiger partial charge in [0.25, 0.3) is 0 Å². The fourth-order valence-corrected chi connectivity index (χ4v) is 9.92. The van der Waals surface area contributed by atoms with Crippen LogP contribution < -0.4 is 0 Å². The predicted octanol–water partition coefficient (Wildman–Crippen LogP) is 17.4. The largest absolute Gasteiger partial charge is 0.0622 e. The summed E-state index contributed by atoms with van der Waals surface area (Å²) in [6, 6.07) is 89.3. The Labute approximate surface area is 362 Å². The summed E-state index contributed by atoms with van der Waals surface area (Å²) < 4.78 is 0. The van der Waals surface area contributed by atoms with Crippen LogP contribution in [-0.4, -0.2) is 0 Å². The maximum atomic E-state index is 2.47. The van der Waals surface area contributed by atoms with Gasteiger partial charge in [-0.2, -0.15) is 0 Å². The van der Waals surface area contributed by atoms with E-state index in [-0.39, 0.29) is 0 Å². The van der Waals surface area contributed by atoms with Gasteiger partial charge >= 0.3 is 0 Å². The van der Waals surface area contributed by atoms with Crippen molar-refractivity contribution in [1.29, 1.82) is 0 Å². The average molecular weight is 785 g/mol. The van der Waals surface area contributed by atoms with Crippen molar-refractivity contribution in [2.45, 2.75) is 0 Å². The Bertz CT molecular complexity index is 3570. The Kier molecular flexibility index (Phi) is 8.61. The highest BCUT2D eigenvalue weighted by molar-refractivity contribution is 6.31. The maximum absolute atomic E-state index is 2.47. The molecule has 12 aromatic rings. The first-order valence-electron chi connectivity index (χ1n) is 21.5. The molecule has 0 heteroatoms. The van der Waals surface area contributed by atoms with Gasteiger partial charge in [-0.25, -0.2) is 0 Å². The lowest BCUT2D eigenvalue weighted by Gasteiger charge is -2.22. The minimum atomic E-state index is 1.20. The minimum Gasteiger partial charge on any atom is -0.0622 e. The van der Waals surface area contributed by atoms with E-state index in [4.69, 9.17) is 0 Å². The molecule has 0 saturated carbocycles. The third-order valence-corrected chi connectivity index (χ3v) is 12.9. The van der Waals surface area contributed by atoms with Gasteiger partial charge in [0.1, 0.15) is 0 Å². The van der Waals surface area contributed by atoms with E-state index in [9.17, 15) is 0 Å². The zero-order valence-corrected chi connectivity index (χ0v) is 34.1. The zero-order valence-electron chi connectivity index (χ0n) is 34.1. The molecule has 12 rings (SSSR count). The van der Waals surface area contributed by atoms with E-state index in [1.165, 1.54) is 121 Å². The molecule has 0 amide bonds. The molecule has 0 fully saturated rings. The Morgan fingerprint density at radius 2 is 0.548 bits per heavy atom. The van der Waals surface area contributed by atoms with E-state index in [0.717, 1.165) is 0 Å². The normalized spacial score (nSPS) is 11.5. The van der Waals surface area contributed by atoms with Gasteiger partial charge in [0.05, 0.1) is 0 Å². The molecule has 12 aromatic carbocycles. The molecule has 0 spiro atoms. The van der Waals surface area contributed by atoms with Crippen molar-refractivity contribution in [3.63, 3.8) is 0 Å². The molecule has 0 atom stereocenters. The van der Waals surface area contributed by atoms with Crippen LogP contribution in [0.5, 0.6) is 0 Å². The molecule has 0 saturated heterocycles. The second-order valence-corrected chi connectivity index (χ2v) is 16.3. The number of hydrogen-bond donors (Lipinski definition) is 0. The monoisotopic (exact) mass is 784 g/mol. The molecular weight excluding hydrogens is 745 g/mol. The van der Waals surface area contributed by atoms with Crippen LogP contribution in [0.4, 0.5) is 0 Å². The molecule has 0 heterocycles. The standard InChI is InChI=1S/C62H40/c1-3-14-41(15-4-1)43-26-30-46(31-27-43)50-21-9-11-23-52(50)55-36-34-48-35-37-57-59(53-24-12-10-22-51(53)47-32-28-44(29-33-47)42-16-5-2-6-17-42)40-60(58-39-38-56(55)61(48)62(57)58)54-25-13-19-45-18-7-8-20-49(45)54/h1-40H. The van der Waals surface area contributed by atoms with Crippen LogP contribution in [0.15, 0.2) is 243 Å². The fourth-order valence-electron chi connectivity index (χ4n) is 9.92. The number of benzene rings is 12. The summed E-state index contributed by atoms with van der Waals surface area (Å²) in [6.45, 7) is 0. The van der Waals surface area contributed by atoms with E-state index in [2.05, 4.69) is 243 Å². The minimum absolute atomic E-state index is 1.20. The number of rotatable bonds is 7. The van der Waals surface area contributed by atoms with Crippen LogP contribution >= 0.6 is 0 Å². The first-order chi connectivity index (χ1) is 30.8. The van der Waals surface area contributed by atoms with Crippen molar-refractivity contribution in [2.24, 2.45) is 0 Å². The van der Waals surface area contributed by atoms with Crippen molar-refractivity contribution < 1.29 is 0 Å². The highest BCUT2D eigenvalue weighted by atomic mass is 14.2. The lowest BCUT2D eigenvalue weighted by atomic mass is 9.81. The molecule has 0 nitrogen and oxygen atoms in total. The molecule has 62 heavy (non-hydrogen) atoms. The first kappa shape index (κ1) is 35.8. The van der Waals surface area contributed by atoms with E-state index in [1.54, 1.807) is 0 Å². The van der Waals surface area contributed by atoms with E-state index in [1.807, 2.05) is 0 Å². The Morgan fingerprint density at radius 1 is 0.161 bits per heavy atom. The second-order valence-electron chi connectivity index (χ2n) is 16.3. The molecule has 0 bridgehead atoms. The summed E-state index contributed by atoms with van der Waals surface area (Å²) in [5.74, 6) is 0. The molecule has 0 radical (unpaired) electrons. The summed E-state index contributed by atoms with van der Waals surface area (Å²) in [5, 5.41) is 10.2. The van der Waals surface area contributed by atoms with Crippen LogP contribution in [0, 0.1) is 0 Å². The summed E-state index contributed by atoms with van der Waals surface area (Å²) in [6.07, 6.45) is 0. The molecule has 0 N–H and O–H groups in total. The van der Waals surface area contributed by atoms with E-state index >= 15 is 0 Å². The molecule has 0 aromatic heterocycles. The van der Waals surface area contributed by atoms with Crippen molar-refractivity contribution in [1.82, 2.24) is 0 Å². The summed E-state index contributed by atoms with van der Waals surface area (Å²) in [7, 11) is 0. The molecule has 0 aliphatic carbocycles. The van der Waals surface area contributed by atoms with Crippen LogP contribution in [0.25, 0.3) is 121 Å². The SMILES string of the molecule is c1ccc(-c2ccc(-c3ccccc3-c3ccc4ccc5c(-c6ccccc6-c6ccc(-c7ccccc7)cc6)cc(-c6cccc7ccccc67)c6ccc3c4c56)cc2)cc1. The van der Waals surface area contributed by atoms with Gasteiger partial charge in [0.15, 0.2) is 0 Å². The average Bonchev–Trinajstić information content (AvgIpc) is 3.36. The van der Waals surface area contributed by atoms with Crippen molar-refractivity contribution in [3.8, 4) is 77.9 Å². The predicted molar refractivity (Wildman–Crippen MR) is 266 cm³/mol. The Balaban J connectivity index is 1.10. The van der Waals surface area contributed by atoms with Gasteiger partial charge in [0, 0.05) is 0 Å². The summed E-state index contributed by atoms with van der Waals surface area (Å²) in [5.41, 5.74) is 17.2. The topological polar surface area (TPSA) is 0 Å². The Morgan fingerprint density at radius 3 is 1.16 bits per heavy atom. The third-order valence-electron chi connectivity index (χ3n) is 12.9. The highest BCUT2D eigenvalue weighted by Gasteiger charge is 2.21. The van der Waals surface area contributed by atoms with Crippen LogP contribution in [0.1, 0.15) is 0 Å². The fraction of sp³-hybridized carbons (Fsp3) is 0. The van der Waals surface area contributed by atoms with Crippen molar-refractivity contribution in [3.05, 3.63) is 243 Å². The van der Waals surface area contributed by atoms with Gasteiger partial charge < -0.3 is 0 Å². The number of hydrogen-bond acceptors (Lipinski definition) is 0. The molecular formula is C62H40. The molecule has 288 valence electrons. The Hall–Kier alpha value is -8.06. The zero-order chi connectivity index (χ0) is 41.0. The third kappa shape index (κ3) is 5.99. The first-order valence-corrected chi connectivity index (χ1v) is 21.5. The van der Waals surface area contributed by atoms with E-state index in [0.29, 0.717) is 0 Å². The second kappa shape index (κ2) is 14.9.